The van der Waals surface area contributed by atoms with Gasteiger partial charge >= 0.3 is 6.09 Å². The number of benzene rings is 1. The highest BCUT2D eigenvalue weighted by molar-refractivity contribution is 7.11. The van der Waals surface area contributed by atoms with E-state index < -0.39 is 17.5 Å². The van der Waals surface area contributed by atoms with Crippen LogP contribution in [0.2, 0.25) is 0 Å². The van der Waals surface area contributed by atoms with E-state index in [1.54, 1.807) is 32.3 Å². The van der Waals surface area contributed by atoms with E-state index in [-0.39, 0.29) is 29.6 Å². The van der Waals surface area contributed by atoms with Crippen molar-refractivity contribution >= 4 is 40.6 Å². The molecule has 0 saturated carbocycles. The van der Waals surface area contributed by atoms with E-state index in [0.717, 1.165) is 18.9 Å². The molecule has 0 spiro atoms. The molecule has 0 saturated heterocycles. The summed E-state index contributed by atoms with van der Waals surface area (Å²) in [4.78, 5) is 39.9. The topological polar surface area (TPSA) is 109 Å². The van der Waals surface area contributed by atoms with Crippen LogP contribution in [-0.2, 0) is 9.53 Å². The Kier molecular flexibility index (Phi) is 8.92. The maximum absolute atomic E-state index is 13.6. The Bertz CT molecular complexity index is 897. The fourth-order valence-electron chi connectivity index (χ4n) is 2.56. The van der Waals surface area contributed by atoms with Crippen molar-refractivity contribution in [1.29, 1.82) is 0 Å². The third kappa shape index (κ3) is 9.12. The zero-order chi connectivity index (χ0) is 22.9. The Labute approximate surface area is 184 Å². The Morgan fingerprint density at radius 1 is 1.10 bits per heavy atom. The Hall–Kier alpha value is -3.01. The fraction of sp³-hybridized carbons (Fsp3) is 0.429. The SMILES string of the molecule is CC(C)(C)OC(=O)Nc1ccc(F)cc1NC(=O)CCCCCNC(=O)c1nccs1. The summed E-state index contributed by atoms with van der Waals surface area (Å²) >= 11 is 1.28. The predicted molar refractivity (Wildman–Crippen MR) is 118 cm³/mol. The van der Waals surface area contributed by atoms with Crippen molar-refractivity contribution in [2.45, 2.75) is 52.1 Å². The van der Waals surface area contributed by atoms with Gasteiger partial charge in [-0.3, -0.25) is 14.9 Å². The number of carbonyl (C=O) groups is 3. The summed E-state index contributed by atoms with van der Waals surface area (Å²) in [6, 6.07) is 3.68. The van der Waals surface area contributed by atoms with Gasteiger partial charge in [0.25, 0.3) is 5.91 Å². The molecule has 2 aromatic rings. The first kappa shape index (κ1) is 24.3. The number of ether oxygens (including phenoxy) is 1. The maximum atomic E-state index is 13.6. The van der Waals surface area contributed by atoms with Crippen molar-refractivity contribution in [3.05, 3.63) is 40.6 Å². The molecule has 10 heteroatoms. The molecule has 168 valence electrons. The molecule has 3 N–H and O–H groups in total. The van der Waals surface area contributed by atoms with E-state index in [1.165, 1.54) is 23.5 Å². The average Bonchev–Trinajstić information content (AvgIpc) is 3.20. The molecule has 1 aromatic carbocycles. The van der Waals surface area contributed by atoms with E-state index in [4.69, 9.17) is 4.74 Å². The molecule has 0 unspecified atom stereocenters. The largest absolute Gasteiger partial charge is 0.444 e. The molecule has 3 amide bonds. The lowest BCUT2D eigenvalue weighted by Gasteiger charge is -2.20. The molecule has 1 aromatic heterocycles. The number of nitrogens with zero attached hydrogens (tertiary/aromatic N) is 1. The van der Waals surface area contributed by atoms with Crippen LogP contribution in [0, 0.1) is 5.82 Å². The van der Waals surface area contributed by atoms with Gasteiger partial charge in [0.15, 0.2) is 5.01 Å². The number of aromatic nitrogens is 1. The van der Waals surface area contributed by atoms with Gasteiger partial charge in [-0.2, -0.15) is 0 Å². The molecular weight excluding hydrogens is 423 g/mol. The molecule has 0 aliphatic heterocycles. The van der Waals surface area contributed by atoms with Gasteiger partial charge in [0, 0.05) is 24.5 Å². The monoisotopic (exact) mass is 450 g/mol. The minimum absolute atomic E-state index is 0.159. The lowest BCUT2D eigenvalue weighted by atomic mass is 10.1. The standard InChI is InChI=1S/C21H27FN4O4S/c1-21(2,3)30-20(29)26-15-9-8-14(22)13-16(15)25-17(27)7-5-4-6-10-23-18(28)19-24-11-12-31-19/h8-9,11-13H,4-7,10H2,1-3H3,(H,23,28)(H,25,27)(H,26,29). The van der Waals surface area contributed by atoms with E-state index in [2.05, 4.69) is 20.9 Å². The molecule has 0 fully saturated rings. The number of nitrogens with one attached hydrogen (secondary N) is 3. The third-order valence-corrected chi connectivity index (χ3v) is 4.66. The van der Waals surface area contributed by atoms with E-state index >= 15 is 0 Å². The van der Waals surface area contributed by atoms with Crippen LogP contribution >= 0.6 is 11.3 Å². The lowest BCUT2D eigenvalue weighted by Crippen LogP contribution is -2.27. The first-order chi connectivity index (χ1) is 14.6. The van der Waals surface area contributed by atoms with E-state index in [1.807, 2.05) is 0 Å². The summed E-state index contributed by atoms with van der Waals surface area (Å²) in [6.07, 6.45) is 3.15. The summed E-state index contributed by atoms with van der Waals surface area (Å²) < 4.78 is 18.8. The molecule has 0 aliphatic carbocycles. The highest BCUT2D eigenvalue weighted by atomic mass is 32.1. The van der Waals surface area contributed by atoms with Crippen molar-refractivity contribution in [1.82, 2.24) is 10.3 Å². The van der Waals surface area contributed by atoms with Gasteiger partial charge in [0.2, 0.25) is 5.91 Å². The van der Waals surface area contributed by atoms with Crippen LogP contribution in [0.3, 0.4) is 0 Å². The van der Waals surface area contributed by atoms with Crippen molar-refractivity contribution in [3.8, 4) is 0 Å². The number of amides is 3. The summed E-state index contributed by atoms with van der Waals surface area (Å²) in [5.74, 6) is -1.05. The summed E-state index contributed by atoms with van der Waals surface area (Å²) in [7, 11) is 0. The highest BCUT2D eigenvalue weighted by Gasteiger charge is 2.18. The zero-order valence-corrected chi connectivity index (χ0v) is 18.6. The number of hydrogen-bond donors (Lipinski definition) is 3. The molecule has 2 rings (SSSR count). The summed E-state index contributed by atoms with van der Waals surface area (Å²) in [5, 5.41) is 10.1. The van der Waals surface area contributed by atoms with Crippen molar-refractivity contribution in [2.75, 3.05) is 17.2 Å². The molecular formula is C21H27FN4O4S. The van der Waals surface area contributed by atoms with Gasteiger partial charge in [-0.05, 0) is 51.8 Å². The normalized spacial score (nSPS) is 11.0. The first-order valence-corrected chi connectivity index (χ1v) is 10.8. The van der Waals surface area contributed by atoms with Gasteiger partial charge < -0.3 is 15.4 Å². The van der Waals surface area contributed by atoms with Crippen molar-refractivity contribution in [3.63, 3.8) is 0 Å². The second kappa shape index (κ2) is 11.4. The van der Waals surface area contributed by atoms with Gasteiger partial charge in [0.05, 0.1) is 11.4 Å². The van der Waals surface area contributed by atoms with Crippen molar-refractivity contribution in [2.24, 2.45) is 0 Å². The molecule has 0 aliphatic rings. The van der Waals surface area contributed by atoms with Crippen LogP contribution in [0.4, 0.5) is 20.6 Å². The molecule has 0 radical (unpaired) electrons. The smallest absolute Gasteiger partial charge is 0.412 e. The van der Waals surface area contributed by atoms with Gasteiger partial charge in [-0.25, -0.2) is 14.2 Å². The molecule has 0 bridgehead atoms. The van der Waals surface area contributed by atoms with Gasteiger partial charge in [0.1, 0.15) is 11.4 Å². The molecule has 31 heavy (non-hydrogen) atoms. The minimum atomic E-state index is -0.700. The average molecular weight is 451 g/mol. The Balaban J connectivity index is 1.75. The van der Waals surface area contributed by atoms with Crippen LogP contribution in [0.25, 0.3) is 0 Å². The van der Waals surface area contributed by atoms with Crippen LogP contribution in [-0.4, -0.2) is 35.0 Å². The van der Waals surface area contributed by atoms with Crippen LogP contribution in [0.15, 0.2) is 29.8 Å². The van der Waals surface area contributed by atoms with E-state index in [9.17, 15) is 18.8 Å². The zero-order valence-electron chi connectivity index (χ0n) is 17.8. The van der Waals surface area contributed by atoms with Crippen LogP contribution < -0.4 is 16.0 Å². The van der Waals surface area contributed by atoms with Gasteiger partial charge in [-0.1, -0.05) is 6.42 Å². The third-order valence-electron chi connectivity index (χ3n) is 3.88. The molecule has 1 heterocycles. The van der Waals surface area contributed by atoms with Crippen LogP contribution in [0.5, 0.6) is 0 Å². The summed E-state index contributed by atoms with van der Waals surface area (Å²) in [5.41, 5.74) is -0.284. The number of rotatable bonds is 9. The quantitative estimate of drug-likeness (QED) is 0.485. The molecule has 8 nitrogen and oxygen atoms in total. The Morgan fingerprint density at radius 3 is 2.55 bits per heavy atom. The first-order valence-electron chi connectivity index (χ1n) is 9.91. The van der Waals surface area contributed by atoms with Crippen LogP contribution in [0.1, 0.15) is 56.3 Å². The second-order valence-electron chi connectivity index (χ2n) is 7.77. The number of anilines is 2. The second-order valence-corrected chi connectivity index (χ2v) is 8.66. The lowest BCUT2D eigenvalue weighted by molar-refractivity contribution is -0.116. The maximum Gasteiger partial charge on any atom is 0.412 e. The van der Waals surface area contributed by atoms with E-state index in [0.29, 0.717) is 18.0 Å². The van der Waals surface area contributed by atoms with Gasteiger partial charge in [-0.15, -0.1) is 11.3 Å². The fourth-order valence-corrected chi connectivity index (χ4v) is 3.11. The Morgan fingerprint density at radius 2 is 1.87 bits per heavy atom. The predicted octanol–water partition coefficient (Wildman–Crippen LogP) is 4.56. The van der Waals surface area contributed by atoms with Crippen molar-refractivity contribution < 1.29 is 23.5 Å². The minimum Gasteiger partial charge on any atom is -0.444 e. The number of hydrogen-bond acceptors (Lipinski definition) is 6. The summed E-state index contributed by atoms with van der Waals surface area (Å²) in [6.45, 7) is 5.67. The number of unbranched alkanes of at least 4 members (excludes halogenated alkanes) is 2. The highest BCUT2D eigenvalue weighted by Crippen LogP contribution is 2.24. The molecule has 0 atom stereocenters. The number of carbonyl (C=O) groups excluding carboxylic acids is 3. The number of thiazole rings is 1. The number of halogens is 1.